The molecule has 0 heterocycles. The van der Waals surface area contributed by atoms with Crippen LogP contribution in [-0.4, -0.2) is 19.6 Å². The Morgan fingerprint density at radius 1 is 0.944 bits per heavy atom. The van der Waals surface area contributed by atoms with Crippen LogP contribution in [0.3, 0.4) is 0 Å². The molecule has 36 heavy (non-hydrogen) atoms. The van der Waals surface area contributed by atoms with Crippen molar-refractivity contribution >= 4 is 16.7 Å². The van der Waals surface area contributed by atoms with E-state index >= 15 is 0 Å². The molecule has 0 spiro atoms. The number of benzene rings is 4. The number of carbonyl (C=O) groups excluding carboxylic acids is 1. The Hall–Kier alpha value is -3.43. The Bertz CT molecular complexity index is 1400. The maximum Gasteiger partial charge on any atom is 0.338 e. The van der Waals surface area contributed by atoms with Crippen molar-refractivity contribution in [2.24, 2.45) is 5.92 Å². The third-order valence-corrected chi connectivity index (χ3v) is 7.99. The van der Waals surface area contributed by atoms with Crippen molar-refractivity contribution in [3.8, 4) is 0 Å². The number of esters is 1. The highest BCUT2D eigenvalue weighted by molar-refractivity contribution is 5.93. The molecule has 5 rings (SSSR count). The Kier molecular flexibility index (Phi) is 6.93. The molecule has 0 fully saturated rings. The molecule has 4 aromatic rings. The summed E-state index contributed by atoms with van der Waals surface area (Å²) in [5.74, 6) is 0.515. The molecule has 0 aromatic heterocycles. The van der Waals surface area contributed by atoms with Gasteiger partial charge in [0.25, 0.3) is 0 Å². The first-order chi connectivity index (χ1) is 17.5. The minimum Gasteiger partial charge on any atom is -0.465 e. The van der Waals surface area contributed by atoms with E-state index in [1.54, 1.807) is 0 Å². The Balaban J connectivity index is 1.42. The Morgan fingerprint density at radius 2 is 1.69 bits per heavy atom. The molecular weight excluding hydrogens is 442 g/mol. The van der Waals surface area contributed by atoms with Crippen molar-refractivity contribution in [2.45, 2.75) is 45.6 Å². The first-order valence-corrected chi connectivity index (χ1v) is 12.9. The Morgan fingerprint density at radius 3 is 2.53 bits per heavy atom. The molecule has 0 bridgehead atoms. The van der Waals surface area contributed by atoms with Crippen LogP contribution in [0.5, 0.6) is 0 Å². The second-order valence-electron chi connectivity index (χ2n) is 10.2. The van der Waals surface area contributed by atoms with E-state index in [-0.39, 0.29) is 17.9 Å². The van der Waals surface area contributed by atoms with Crippen molar-refractivity contribution in [3.05, 3.63) is 118 Å². The molecule has 0 saturated heterocycles. The minimum absolute atomic E-state index is 0.252. The highest BCUT2D eigenvalue weighted by Gasteiger charge is 2.30. The second kappa shape index (κ2) is 10.3. The van der Waals surface area contributed by atoms with E-state index in [1.807, 2.05) is 6.92 Å². The summed E-state index contributed by atoms with van der Waals surface area (Å²) < 4.78 is 5.12. The first-order valence-electron chi connectivity index (χ1n) is 12.9. The Labute approximate surface area is 214 Å². The van der Waals surface area contributed by atoms with Crippen LogP contribution in [0, 0.1) is 19.8 Å². The van der Waals surface area contributed by atoms with Crippen LogP contribution < -0.4 is 5.32 Å². The number of aryl methyl sites for hydroxylation is 1. The zero-order chi connectivity index (χ0) is 25.2. The van der Waals surface area contributed by atoms with E-state index in [2.05, 4.69) is 98.0 Å². The third-order valence-electron chi connectivity index (χ3n) is 7.99. The standard InChI is InChI=1S/C33H35NO2/c1-21-16-17-27(22(2)32(21)33(35)36-4)31-19-24(18-26-11-6-8-14-30(26)31)20-34-23(3)28-15-9-12-25-10-5-7-13-29(25)28/h5-17,23-24,31,34H,18-20H2,1-4H3/t23-,24?,31?/m1/s1. The molecule has 0 saturated carbocycles. The predicted octanol–water partition coefficient (Wildman–Crippen LogP) is 7.29. The molecule has 0 aliphatic heterocycles. The number of nitrogens with one attached hydrogen (secondary N) is 1. The molecule has 4 aromatic carbocycles. The molecule has 1 aliphatic rings. The van der Waals surface area contributed by atoms with Gasteiger partial charge in [0.05, 0.1) is 12.7 Å². The van der Waals surface area contributed by atoms with Crippen LogP contribution >= 0.6 is 0 Å². The van der Waals surface area contributed by atoms with Crippen LogP contribution in [0.2, 0.25) is 0 Å². The molecule has 184 valence electrons. The number of hydrogen-bond donors (Lipinski definition) is 1. The van der Waals surface area contributed by atoms with Gasteiger partial charge in [-0.15, -0.1) is 0 Å². The van der Waals surface area contributed by atoms with Gasteiger partial charge in [0.2, 0.25) is 0 Å². The smallest absolute Gasteiger partial charge is 0.338 e. The number of carbonyl (C=O) groups is 1. The molecule has 0 amide bonds. The zero-order valence-corrected chi connectivity index (χ0v) is 21.7. The quantitative estimate of drug-likeness (QED) is 0.296. The van der Waals surface area contributed by atoms with Crippen LogP contribution in [-0.2, 0) is 11.2 Å². The molecule has 0 radical (unpaired) electrons. The van der Waals surface area contributed by atoms with E-state index in [0.717, 1.165) is 30.5 Å². The summed E-state index contributed by atoms with van der Waals surface area (Å²) in [6.45, 7) is 7.27. The zero-order valence-electron chi connectivity index (χ0n) is 21.7. The van der Waals surface area contributed by atoms with Gasteiger partial charge in [0, 0.05) is 12.0 Å². The average molecular weight is 478 g/mol. The van der Waals surface area contributed by atoms with Crippen molar-refractivity contribution in [1.82, 2.24) is 5.32 Å². The fourth-order valence-electron chi connectivity index (χ4n) is 6.10. The number of fused-ring (bicyclic) bond motifs is 2. The van der Waals surface area contributed by atoms with Crippen LogP contribution in [0.25, 0.3) is 10.8 Å². The van der Waals surface area contributed by atoms with Gasteiger partial charge in [-0.05, 0) is 90.2 Å². The number of hydrogen-bond acceptors (Lipinski definition) is 3. The maximum atomic E-state index is 12.6. The van der Waals surface area contributed by atoms with Gasteiger partial charge in [0.1, 0.15) is 0 Å². The summed E-state index contributed by atoms with van der Waals surface area (Å²) in [6, 6.07) is 28.6. The number of ether oxygens (including phenoxy) is 1. The van der Waals surface area contributed by atoms with Gasteiger partial charge >= 0.3 is 5.97 Å². The first kappa shape index (κ1) is 24.3. The summed E-state index contributed by atoms with van der Waals surface area (Å²) in [5, 5.41) is 6.45. The topological polar surface area (TPSA) is 38.3 Å². The minimum atomic E-state index is -0.252. The van der Waals surface area contributed by atoms with Gasteiger partial charge in [-0.1, -0.05) is 78.9 Å². The van der Waals surface area contributed by atoms with Crippen molar-refractivity contribution in [1.29, 1.82) is 0 Å². The lowest BCUT2D eigenvalue weighted by atomic mass is 9.72. The lowest BCUT2D eigenvalue weighted by Gasteiger charge is -2.34. The summed E-state index contributed by atoms with van der Waals surface area (Å²) >= 11 is 0. The highest BCUT2D eigenvalue weighted by Crippen LogP contribution is 2.41. The van der Waals surface area contributed by atoms with Gasteiger partial charge in [-0.25, -0.2) is 4.79 Å². The van der Waals surface area contributed by atoms with Crippen molar-refractivity contribution in [3.63, 3.8) is 0 Å². The van der Waals surface area contributed by atoms with E-state index in [9.17, 15) is 4.79 Å². The van der Waals surface area contributed by atoms with E-state index in [1.165, 1.54) is 40.1 Å². The largest absolute Gasteiger partial charge is 0.465 e. The molecular formula is C33H35NO2. The van der Waals surface area contributed by atoms with E-state index < -0.39 is 0 Å². The van der Waals surface area contributed by atoms with Crippen molar-refractivity contribution < 1.29 is 9.53 Å². The fourth-order valence-corrected chi connectivity index (χ4v) is 6.10. The molecule has 3 heteroatoms. The SMILES string of the molecule is COC(=O)c1c(C)ccc(C2CC(CN[C@H](C)c3cccc4ccccc34)Cc3ccccc32)c1C. The van der Waals surface area contributed by atoms with E-state index in [4.69, 9.17) is 4.74 Å². The summed E-state index contributed by atoms with van der Waals surface area (Å²) in [4.78, 5) is 12.6. The molecule has 1 aliphatic carbocycles. The summed E-state index contributed by atoms with van der Waals surface area (Å²) in [7, 11) is 1.46. The maximum absolute atomic E-state index is 12.6. The second-order valence-corrected chi connectivity index (χ2v) is 10.2. The highest BCUT2D eigenvalue weighted by atomic mass is 16.5. The predicted molar refractivity (Wildman–Crippen MR) is 148 cm³/mol. The third kappa shape index (κ3) is 4.56. The van der Waals surface area contributed by atoms with Gasteiger partial charge in [0.15, 0.2) is 0 Å². The molecule has 3 atom stereocenters. The fraction of sp³-hybridized carbons (Fsp3) is 0.303. The van der Waals surface area contributed by atoms with Crippen LogP contribution in [0.1, 0.15) is 69.0 Å². The molecule has 1 N–H and O–H groups in total. The summed E-state index contributed by atoms with van der Waals surface area (Å²) in [5.41, 5.74) is 8.10. The summed E-state index contributed by atoms with van der Waals surface area (Å²) in [6.07, 6.45) is 2.12. The average Bonchev–Trinajstić information content (AvgIpc) is 2.91. The monoisotopic (exact) mass is 477 g/mol. The lowest BCUT2D eigenvalue weighted by molar-refractivity contribution is 0.0599. The molecule has 2 unspecified atom stereocenters. The van der Waals surface area contributed by atoms with Crippen molar-refractivity contribution in [2.75, 3.05) is 13.7 Å². The van der Waals surface area contributed by atoms with Gasteiger partial charge in [-0.3, -0.25) is 0 Å². The van der Waals surface area contributed by atoms with Gasteiger partial charge < -0.3 is 10.1 Å². The van der Waals surface area contributed by atoms with Crippen LogP contribution in [0.4, 0.5) is 0 Å². The number of rotatable bonds is 6. The van der Waals surface area contributed by atoms with Crippen LogP contribution in [0.15, 0.2) is 78.9 Å². The number of methoxy groups -OCH3 is 1. The van der Waals surface area contributed by atoms with E-state index in [0.29, 0.717) is 11.5 Å². The normalized spacial score (nSPS) is 18.0. The van der Waals surface area contributed by atoms with Gasteiger partial charge in [-0.2, -0.15) is 0 Å². The molecule has 3 nitrogen and oxygen atoms in total. The lowest BCUT2D eigenvalue weighted by Crippen LogP contribution is -2.31.